The minimum atomic E-state index is -3.88. The van der Waals surface area contributed by atoms with E-state index in [-0.39, 0.29) is 28.7 Å². The molecule has 0 aliphatic rings. The molecular weight excluding hydrogens is 409 g/mol. The number of aromatic nitrogens is 2. The van der Waals surface area contributed by atoms with Gasteiger partial charge in [-0.3, -0.25) is 9.78 Å². The molecule has 0 atom stereocenters. The molecule has 0 fully saturated rings. The van der Waals surface area contributed by atoms with Crippen LogP contribution < -0.4 is 4.72 Å². The first-order valence-electron chi connectivity index (χ1n) is 8.15. The summed E-state index contributed by atoms with van der Waals surface area (Å²) in [5.41, 5.74) is 1.53. The van der Waals surface area contributed by atoms with Gasteiger partial charge in [-0.1, -0.05) is 11.6 Å². The lowest BCUT2D eigenvalue weighted by Crippen LogP contribution is -2.23. The van der Waals surface area contributed by atoms with Crippen molar-refractivity contribution in [2.75, 3.05) is 0 Å². The fourth-order valence-corrected chi connectivity index (χ4v) is 3.61. The quantitative estimate of drug-likeness (QED) is 0.558. The van der Waals surface area contributed by atoms with Gasteiger partial charge >= 0.3 is 0 Å². The molecule has 3 aromatic rings. The predicted octanol–water partition coefficient (Wildman–Crippen LogP) is 3.16. The summed E-state index contributed by atoms with van der Waals surface area (Å²) < 4.78 is 44.9. The van der Waals surface area contributed by atoms with Crippen molar-refractivity contribution in [1.29, 1.82) is 0 Å². The highest BCUT2D eigenvalue weighted by atomic mass is 35.5. The number of rotatable bonds is 8. The van der Waals surface area contributed by atoms with Crippen molar-refractivity contribution in [3.63, 3.8) is 0 Å². The molecule has 146 valence electrons. The van der Waals surface area contributed by atoms with Crippen molar-refractivity contribution >= 4 is 27.4 Å². The summed E-state index contributed by atoms with van der Waals surface area (Å²) in [6.45, 7) is -0.0925. The van der Waals surface area contributed by atoms with Crippen LogP contribution >= 0.6 is 11.6 Å². The molecule has 7 nitrogen and oxygen atoms in total. The van der Waals surface area contributed by atoms with Crippen LogP contribution in [0.1, 0.15) is 28.2 Å². The van der Waals surface area contributed by atoms with Crippen LogP contribution in [0.3, 0.4) is 0 Å². The molecule has 0 saturated carbocycles. The summed E-state index contributed by atoms with van der Waals surface area (Å²) >= 11 is 5.62. The lowest BCUT2D eigenvalue weighted by atomic mass is 10.1. The van der Waals surface area contributed by atoms with Crippen LogP contribution in [-0.2, 0) is 23.0 Å². The zero-order chi connectivity index (χ0) is 20.1. The van der Waals surface area contributed by atoms with Crippen molar-refractivity contribution < 1.29 is 22.0 Å². The Balaban J connectivity index is 1.59. The number of carbonyl (C=O) groups is 1. The van der Waals surface area contributed by atoms with E-state index < -0.39 is 15.8 Å². The fourth-order valence-electron chi connectivity index (χ4n) is 2.34. The molecule has 0 amide bonds. The molecule has 0 bridgehead atoms. The number of nitrogens with one attached hydrogen (secondary N) is 1. The standard InChI is InChI=1S/C18H15ClFN3O4S/c19-16-7-15(4-5-17(16)20)28(25,26)23-9-13-2-1-12(8-21-13)18(24)6-3-14-10-27-11-22-14/h1-2,4-5,7-8,10-11,23H,3,6,9H2. The summed E-state index contributed by atoms with van der Waals surface area (Å²) in [5, 5.41) is -0.283. The number of oxazole rings is 1. The molecule has 0 unspecified atom stereocenters. The second kappa shape index (κ2) is 8.59. The Kier molecular flexibility index (Phi) is 6.18. The van der Waals surface area contributed by atoms with E-state index >= 15 is 0 Å². The zero-order valence-electron chi connectivity index (χ0n) is 14.4. The number of benzene rings is 1. The van der Waals surface area contributed by atoms with E-state index in [4.69, 9.17) is 16.0 Å². The molecule has 1 N–H and O–H groups in total. The first kappa shape index (κ1) is 20.1. The molecule has 0 spiro atoms. The molecule has 0 radical (unpaired) electrons. The van der Waals surface area contributed by atoms with Gasteiger partial charge in [0.05, 0.1) is 27.9 Å². The van der Waals surface area contributed by atoms with Crippen LogP contribution in [-0.4, -0.2) is 24.2 Å². The highest BCUT2D eigenvalue weighted by molar-refractivity contribution is 7.89. The van der Waals surface area contributed by atoms with Gasteiger partial charge < -0.3 is 4.42 Å². The van der Waals surface area contributed by atoms with Crippen molar-refractivity contribution in [1.82, 2.24) is 14.7 Å². The van der Waals surface area contributed by atoms with Gasteiger partial charge in [0.15, 0.2) is 12.2 Å². The van der Waals surface area contributed by atoms with Crippen LogP contribution in [0, 0.1) is 5.82 Å². The third kappa shape index (κ3) is 5.00. The molecule has 2 heterocycles. The number of sulfonamides is 1. The zero-order valence-corrected chi connectivity index (χ0v) is 16.0. The first-order valence-corrected chi connectivity index (χ1v) is 10.0. The number of ketones is 1. The van der Waals surface area contributed by atoms with Crippen LogP contribution in [0.15, 0.2) is 58.5 Å². The van der Waals surface area contributed by atoms with E-state index in [1.54, 1.807) is 12.1 Å². The average molecular weight is 424 g/mol. The molecule has 0 aliphatic carbocycles. The van der Waals surface area contributed by atoms with Gasteiger partial charge in [0.2, 0.25) is 10.0 Å². The molecule has 0 aliphatic heterocycles. The molecule has 2 aromatic heterocycles. The molecule has 0 saturated heterocycles. The van der Waals surface area contributed by atoms with Gasteiger partial charge in [-0.15, -0.1) is 0 Å². The Morgan fingerprint density at radius 2 is 2.00 bits per heavy atom. The molecule has 1 aromatic carbocycles. The Hall–Kier alpha value is -2.62. The summed E-state index contributed by atoms with van der Waals surface area (Å²) in [6, 6.07) is 6.27. The highest BCUT2D eigenvalue weighted by Crippen LogP contribution is 2.19. The van der Waals surface area contributed by atoms with Crippen molar-refractivity contribution in [3.05, 3.63) is 77.0 Å². The van der Waals surface area contributed by atoms with E-state index in [0.717, 1.165) is 18.2 Å². The molecule has 10 heteroatoms. The van der Waals surface area contributed by atoms with Gasteiger partial charge in [-0.05, 0) is 30.3 Å². The molecule has 3 rings (SSSR count). The minimum Gasteiger partial charge on any atom is -0.451 e. The lowest BCUT2D eigenvalue weighted by Gasteiger charge is -2.08. The van der Waals surface area contributed by atoms with E-state index in [2.05, 4.69) is 14.7 Å². The van der Waals surface area contributed by atoms with Crippen LogP contribution in [0.2, 0.25) is 5.02 Å². The number of nitrogens with zero attached hydrogens (tertiary/aromatic N) is 2. The van der Waals surface area contributed by atoms with E-state index in [9.17, 15) is 17.6 Å². The number of hydrogen-bond acceptors (Lipinski definition) is 6. The minimum absolute atomic E-state index is 0.0925. The Morgan fingerprint density at radius 3 is 2.64 bits per heavy atom. The number of aryl methyl sites for hydroxylation is 1. The maximum atomic E-state index is 13.2. The summed E-state index contributed by atoms with van der Waals surface area (Å²) in [4.78, 5) is 20.1. The van der Waals surface area contributed by atoms with Crippen molar-refractivity contribution in [2.45, 2.75) is 24.3 Å². The SMILES string of the molecule is O=C(CCc1cocn1)c1ccc(CNS(=O)(=O)c2ccc(F)c(Cl)c2)nc1. The largest absolute Gasteiger partial charge is 0.451 e. The topological polar surface area (TPSA) is 102 Å². The average Bonchev–Trinajstić information content (AvgIpc) is 3.20. The summed E-state index contributed by atoms with van der Waals surface area (Å²) in [7, 11) is -3.88. The predicted molar refractivity (Wildman–Crippen MR) is 98.8 cm³/mol. The highest BCUT2D eigenvalue weighted by Gasteiger charge is 2.16. The second-order valence-electron chi connectivity index (χ2n) is 5.84. The van der Waals surface area contributed by atoms with E-state index in [0.29, 0.717) is 23.4 Å². The van der Waals surface area contributed by atoms with Gasteiger partial charge in [0.25, 0.3) is 0 Å². The van der Waals surface area contributed by atoms with Crippen molar-refractivity contribution in [2.24, 2.45) is 0 Å². The Labute approximate surface area is 165 Å². The molecular formula is C18H15ClFN3O4S. The Bertz CT molecular complexity index is 1070. The third-order valence-electron chi connectivity index (χ3n) is 3.88. The van der Waals surface area contributed by atoms with Gasteiger partial charge in [-0.2, -0.15) is 0 Å². The summed E-state index contributed by atoms with van der Waals surface area (Å²) in [5.74, 6) is -0.810. The van der Waals surface area contributed by atoms with Gasteiger partial charge in [0, 0.05) is 24.6 Å². The van der Waals surface area contributed by atoms with Crippen LogP contribution in [0.5, 0.6) is 0 Å². The van der Waals surface area contributed by atoms with E-state index in [1.807, 2.05) is 0 Å². The number of halogens is 2. The summed E-state index contributed by atoms with van der Waals surface area (Å²) in [6.07, 6.45) is 4.89. The fraction of sp³-hybridized carbons (Fsp3) is 0.167. The lowest BCUT2D eigenvalue weighted by molar-refractivity contribution is 0.0982. The maximum Gasteiger partial charge on any atom is 0.240 e. The number of Topliss-reactive ketones (excluding diaryl/α,β-unsaturated/α-hetero) is 1. The van der Waals surface area contributed by atoms with Crippen molar-refractivity contribution in [3.8, 4) is 0 Å². The van der Waals surface area contributed by atoms with Crippen LogP contribution in [0.25, 0.3) is 0 Å². The van der Waals surface area contributed by atoms with Gasteiger partial charge in [0.1, 0.15) is 12.1 Å². The number of pyridine rings is 1. The smallest absolute Gasteiger partial charge is 0.240 e. The normalized spacial score (nSPS) is 11.5. The first-order chi connectivity index (χ1) is 13.3. The van der Waals surface area contributed by atoms with Crippen LogP contribution in [0.4, 0.5) is 4.39 Å². The van der Waals surface area contributed by atoms with Gasteiger partial charge in [-0.25, -0.2) is 22.5 Å². The number of carbonyl (C=O) groups excluding carboxylic acids is 1. The molecule has 28 heavy (non-hydrogen) atoms. The second-order valence-corrected chi connectivity index (χ2v) is 8.02. The van der Waals surface area contributed by atoms with E-state index in [1.165, 1.54) is 18.9 Å². The Morgan fingerprint density at radius 1 is 1.18 bits per heavy atom. The monoisotopic (exact) mass is 423 g/mol. The maximum absolute atomic E-state index is 13.2. The third-order valence-corrected chi connectivity index (χ3v) is 5.57. The number of hydrogen-bond donors (Lipinski definition) is 1.